The first-order chi connectivity index (χ1) is 19.0. The molecule has 5 aliphatic rings. The maximum absolute atomic E-state index is 13.6. The highest BCUT2D eigenvalue weighted by atomic mass is 16.5. The van der Waals surface area contributed by atoms with E-state index in [1.807, 2.05) is 6.07 Å². The van der Waals surface area contributed by atoms with Crippen LogP contribution in [0.25, 0.3) is 11.1 Å². The molecule has 1 spiro atoms. The number of aromatic hydroxyl groups is 1. The average Bonchev–Trinajstić information content (AvgIpc) is 3.69. The van der Waals surface area contributed by atoms with E-state index < -0.39 is 17.1 Å². The summed E-state index contributed by atoms with van der Waals surface area (Å²) < 4.78 is 14.9. The van der Waals surface area contributed by atoms with Gasteiger partial charge in [0, 0.05) is 30.7 Å². The summed E-state index contributed by atoms with van der Waals surface area (Å²) >= 11 is 0. The summed E-state index contributed by atoms with van der Waals surface area (Å²) in [6.45, 7) is 2.66. The number of carbonyl (C=O) groups is 1. The van der Waals surface area contributed by atoms with E-state index in [4.69, 9.17) is 9.47 Å². The van der Waals surface area contributed by atoms with Gasteiger partial charge in [-0.15, -0.1) is 0 Å². The molecule has 0 aromatic heterocycles. The largest absolute Gasteiger partial charge is 0.504 e. The molecule has 2 saturated carbocycles. The number of ketones is 1. The number of likely N-dealkylation sites (N-methyl/N-ethyl adjacent to an activating group) is 1. The molecule has 3 aromatic rings. The van der Waals surface area contributed by atoms with Gasteiger partial charge in [0.05, 0.1) is 32.2 Å². The Balaban J connectivity index is 1.28. The lowest BCUT2D eigenvalue weighted by atomic mass is 9.48. The number of phenols is 1. The summed E-state index contributed by atoms with van der Waals surface area (Å²) in [6, 6.07) is 23.1. The van der Waals surface area contributed by atoms with Crippen molar-refractivity contribution in [2.45, 2.75) is 68.3 Å². The van der Waals surface area contributed by atoms with Gasteiger partial charge in [-0.2, -0.15) is 0 Å². The van der Waals surface area contributed by atoms with Crippen LogP contribution in [0, 0.1) is 5.92 Å². The van der Waals surface area contributed by atoms with Crippen molar-refractivity contribution < 1.29 is 23.9 Å². The number of nitrogens with zero attached hydrogens (tertiary/aromatic N) is 1. The first-order valence-electron chi connectivity index (χ1n) is 14.6. The number of likely N-dealkylation sites (tertiary alicyclic amines) is 1. The van der Waals surface area contributed by atoms with Crippen LogP contribution < -0.4 is 4.74 Å². The molecule has 0 amide bonds. The van der Waals surface area contributed by atoms with Crippen LogP contribution in [0.5, 0.6) is 11.5 Å². The lowest BCUT2D eigenvalue weighted by Crippen LogP contribution is -2.81. The van der Waals surface area contributed by atoms with Crippen LogP contribution in [0.3, 0.4) is 0 Å². The number of phenolic OH excluding ortho intramolecular Hbond substituents is 1. The van der Waals surface area contributed by atoms with E-state index >= 15 is 0 Å². The Labute approximate surface area is 230 Å². The fraction of sp³-hybridized carbons (Fsp3) is 0.441. The zero-order valence-corrected chi connectivity index (χ0v) is 22.6. The van der Waals surface area contributed by atoms with Crippen molar-refractivity contribution in [3.05, 3.63) is 83.4 Å². The van der Waals surface area contributed by atoms with Crippen molar-refractivity contribution in [2.24, 2.45) is 5.92 Å². The van der Waals surface area contributed by atoms with Gasteiger partial charge in [-0.1, -0.05) is 60.7 Å². The van der Waals surface area contributed by atoms with Crippen LogP contribution in [-0.4, -0.2) is 53.3 Å². The van der Waals surface area contributed by atoms with E-state index in [0.29, 0.717) is 25.2 Å². The molecule has 200 valence electrons. The smallest absolute Gasteiger partial charge is 0.174 e. The van der Waals surface area contributed by atoms with Gasteiger partial charge >= 0.3 is 0 Å². The SMILES string of the molecule is C[N@+]1(CC2CC2)CC[C@]23c4c5ccc(O)c4OC2C(=O)CC[C@@]3(OCc2ccccc2-c2ccccc2)C1C5. The lowest BCUT2D eigenvalue weighted by molar-refractivity contribution is -0.950. The third-order valence-electron chi connectivity index (χ3n) is 10.8. The molecule has 2 bridgehead atoms. The van der Waals surface area contributed by atoms with Crippen LogP contribution in [0.1, 0.15) is 48.8 Å². The van der Waals surface area contributed by atoms with Gasteiger partial charge in [0.15, 0.2) is 23.4 Å². The predicted octanol–water partition coefficient (Wildman–Crippen LogP) is 5.56. The first kappa shape index (κ1) is 23.7. The van der Waals surface area contributed by atoms with E-state index in [1.165, 1.54) is 41.6 Å². The number of quaternary nitrogens is 1. The zero-order chi connectivity index (χ0) is 26.4. The number of benzene rings is 3. The summed E-state index contributed by atoms with van der Waals surface area (Å²) in [5.41, 5.74) is 4.73. The molecular formula is C34H36NO4+. The average molecular weight is 523 g/mol. The second-order valence-corrected chi connectivity index (χ2v) is 12.9. The Hall–Kier alpha value is -3.15. The summed E-state index contributed by atoms with van der Waals surface area (Å²) in [7, 11) is 2.44. The van der Waals surface area contributed by atoms with Gasteiger partial charge in [-0.3, -0.25) is 4.79 Å². The van der Waals surface area contributed by atoms with Crippen molar-refractivity contribution in [1.82, 2.24) is 0 Å². The van der Waals surface area contributed by atoms with Crippen LogP contribution >= 0.6 is 0 Å². The number of hydrogen-bond acceptors (Lipinski definition) is 4. The molecule has 5 nitrogen and oxygen atoms in total. The Bertz CT molecular complexity index is 1480. The van der Waals surface area contributed by atoms with Crippen molar-refractivity contribution in [2.75, 3.05) is 20.1 Å². The molecule has 8 rings (SSSR count). The van der Waals surface area contributed by atoms with Crippen molar-refractivity contribution in [1.29, 1.82) is 0 Å². The van der Waals surface area contributed by atoms with E-state index in [2.05, 4.69) is 61.6 Å². The van der Waals surface area contributed by atoms with E-state index in [-0.39, 0.29) is 17.6 Å². The van der Waals surface area contributed by atoms with Crippen LogP contribution in [0.15, 0.2) is 66.7 Å². The Morgan fingerprint density at radius 1 is 1.03 bits per heavy atom. The Morgan fingerprint density at radius 3 is 2.64 bits per heavy atom. The maximum atomic E-state index is 13.6. The second-order valence-electron chi connectivity index (χ2n) is 12.9. The van der Waals surface area contributed by atoms with Gasteiger partial charge in [-0.25, -0.2) is 0 Å². The molecule has 2 unspecified atom stereocenters. The monoisotopic (exact) mass is 522 g/mol. The normalized spacial score (nSPS) is 33.9. The minimum absolute atomic E-state index is 0.146. The summed E-state index contributed by atoms with van der Waals surface area (Å²) in [5.74, 6) is 1.62. The minimum Gasteiger partial charge on any atom is -0.504 e. The van der Waals surface area contributed by atoms with Crippen molar-refractivity contribution >= 4 is 5.78 Å². The number of rotatable bonds is 6. The van der Waals surface area contributed by atoms with Crippen LogP contribution in [-0.2, 0) is 28.0 Å². The number of carbonyl (C=O) groups excluding carboxylic acids is 1. The summed E-state index contributed by atoms with van der Waals surface area (Å²) in [5, 5.41) is 10.9. The summed E-state index contributed by atoms with van der Waals surface area (Å²) in [4.78, 5) is 13.6. The third-order valence-corrected chi connectivity index (χ3v) is 10.8. The molecule has 1 saturated heterocycles. The van der Waals surface area contributed by atoms with Crippen molar-refractivity contribution in [3.8, 4) is 22.6 Å². The Morgan fingerprint density at radius 2 is 1.82 bits per heavy atom. The fourth-order valence-corrected chi connectivity index (χ4v) is 8.95. The quantitative estimate of drug-likeness (QED) is 0.431. The second kappa shape index (κ2) is 8.18. The van der Waals surface area contributed by atoms with E-state index in [9.17, 15) is 9.90 Å². The molecular weight excluding hydrogens is 486 g/mol. The molecule has 3 aromatic carbocycles. The lowest BCUT2D eigenvalue weighted by Gasteiger charge is -2.66. The molecule has 0 radical (unpaired) electrons. The third kappa shape index (κ3) is 3.17. The Kier molecular flexibility index (Phi) is 4.98. The first-order valence-corrected chi connectivity index (χ1v) is 14.6. The van der Waals surface area contributed by atoms with Gasteiger partial charge in [0.25, 0.3) is 0 Å². The van der Waals surface area contributed by atoms with Crippen LogP contribution in [0.2, 0.25) is 0 Å². The number of Topliss-reactive ketones (excluding diaryl/α,β-unsaturated/α-hetero) is 1. The van der Waals surface area contributed by atoms with E-state index in [1.54, 1.807) is 6.07 Å². The number of ether oxygens (including phenoxy) is 2. The van der Waals surface area contributed by atoms with Gasteiger partial charge < -0.3 is 19.1 Å². The van der Waals surface area contributed by atoms with Gasteiger partial charge in [-0.05, 0) is 47.6 Å². The number of hydrogen-bond donors (Lipinski definition) is 1. The molecule has 5 heteroatoms. The molecule has 2 aliphatic heterocycles. The highest BCUT2D eigenvalue weighted by Gasteiger charge is 2.77. The highest BCUT2D eigenvalue weighted by Crippen LogP contribution is 2.67. The van der Waals surface area contributed by atoms with Crippen LogP contribution in [0.4, 0.5) is 0 Å². The van der Waals surface area contributed by atoms with Gasteiger partial charge in [0.1, 0.15) is 11.6 Å². The standard InChI is InChI=1S/C34H35NO4/c1-35(20-22-11-12-22)18-17-33-30-24-13-14-27(36)31(30)39-32(33)28(37)15-16-34(33,29(35)19-24)38-21-25-9-5-6-10-26(25)23-7-3-2-4-8-23/h2-10,13-14,22,29,32H,11-12,15-21H2,1H3/p+1/t29?,32?,33-,34+,35+/m0/s1. The van der Waals surface area contributed by atoms with Gasteiger partial charge in [0.2, 0.25) is 0 Å². The molecule has 1 N–H and O–H groups in total. The molecule has 5 atom stereocenters. The van der Waals surface area contributed by atoms with Crippen molar-refractivity contribution in [3.63, 3.8) is 0 Å². The number of piperidine rings is 1. The predicted molar refractivity (Wildman–Crippen MR) is 149 cm³/mol. The molecule has 2 heterocycles. The molecule has 3 fully saturated rings. The maximum Gasteiger partial charge on any atom is 0.174 e. The topological polar surface area (TPSA) is 55.8 Å². The molecule has 3 aliphatic carbocycles. The highest BCUT2D eigenvalue weighted by molar-refractivity contribution is 5.90. The fourth-order valence-electron chi connectivity index (χ4n) is 8.95. The molecule has 39 heavy (non-hydrogen) atoms. The minimum atomic E-state index is -0.588. The van der Waals surface area contributed by atoms with E-state index in [0.717, 1.165) is 35.4 Å². The zero-order valence-electron chi connectivity index (χ0n) is 22.6. The summed E-state index contributed by atoms with van der Waals surface area (Å²) in [6.07, 6.45) is 4.94.